The van der Waals surface area contributed by atoms with Crippen molar-refractivity contribution in [2.24, 2.45) is 5.73 Å². The van der Waals surface area contributed by atoms with Crippen LogP contribution in [-0.2, 0) is 13.1 Å². The van der Waals surface area contributed by atoms with Crippen molar-refractivity contribution in [1.29, 1.82) is 0 Å². The molecule has 1 saturated heterocycles. The first-order valence-corrected chi connectivity index (χ1v) is 12.3. The third kappa shape index (κ3) is 4.92. The largest absolute Gasteiger partial charge is 0.364 e. The molecule has 2 aliphatic rings. The fourth-order valence-corrected chi connectivity index (χ4v) is 5.32. The van der Waals surface area contributed by atoms with Crippen molar-refractivity contribution in [3.05, 3.63) is 76.4 Å². The zero-order valence-corrected chi connectivity index (χ0v) is 20.9. The van der Waals surface area contributed by atoms with Gasteiger partial charge in [0.15, 0.2) is 0 Å². The zero-order chi connectivity index (χ0) is 25.4. The van der Waals surface area contributed by atoms with Crippen molar-refractivity contribution in [3.8, 4) is 0 Å². The average molecular weight is 486 g/mol. The number of nitrogens with two attached hydrogens (primary N) is 1. The minimum absolute atomic E-state index is 0.0676. The highest BCUT2D eigenvalue weighted by atomic mass is 16.2. The maximum absolute atomic E-state index is 13.1. The van der Waals surface area contributed by atoms with Crippen LogP contribution < -0.4 is 11.1 Å². The molecule has 4 heterocycles. The number of piperidine rings is 1. The van der Waals surface area contributed by atoms with Crippen LogP contribution in [0.15, 0.2) is 42.7 Å². The summed E-state index contributed by atoms with van der Waals surface area (Å²) in [7, 11) is 0. The molecule has 2 aromatic heterocycles. The van der Waals surface area contributed by atoms with Gasteiger partial charge in [-0.3, -0.25) is 19.5 Å². The lowest BCUT2D eigenvalue weighted by Crippen LogP contribution is -2.50. The van der Waals surface area contributed by atoms with Gasteiger partial charge in [0.25, 0.3) is 11.8 Å². The van der Waals surface area contributed by atoms with Crippen molar-refractivity contribution < 1.29 is 9.59 Å². The number of likely N-dealkylation sites (tertiary alicyclic amines) is 1. The lowest BCUT2D eigenvalue weighted by molar-refractivity contribution is 0.0460. The smallest absolute Gasteiger partial charge is 0.267 e. The van der Waals surface area contributed by atoms with Gasteiger partial charge in [-0.05, 0) is 69.0 Å². The van der Waals surface area contributed by atoms with E-state index in [1.807, 2.05) is 11.1 Å². The van der Waals surface area contributed by atoms with E-state index < -0.39 is 5.91 Å². The van der Waals surface area contributed by atoms with Gasteiger partial charge in [0.1, 0.15) is 5.69 Å². The van der Waals surface area contributed by atoms with Gasteiger partial charge in [0.2, 0.25) is 5.95 Å². The number of benzene rings is 1. The molecule has 0 spiro atoms. The molecule has 3 aromatic rings. The van der Waals surface area contributed by atoms with E-state index in [1.54, 1.807) is 6.07 Å². The zero-order valence-electron chi connectivity index (χ0n) is 20.9. The summed E-state index contributed by atoms with van der Waals surface area (Å²) >= 11 is 0. The molecule has 1 fully saturated rings. The molecule has 0 saturated carbocycles. The molecule has 0 unspecified atom stereocenters. The second kappa shape index (κ2) is 9.66. The van der Waals surface area contributed by atoms with Gasteiger partial charge in [-0.2, -0.15) is 0 Å². The second-order valence-electron chi connectivity index (χ2n) is 9.89. The predicted molar refractivity (Wildman–Crippen MR) is 137 cm³/mol. The Labute approximate surface area is 210 Å². The lowest BCUT2D eigenvalue weighted by atomic mass is 9.96. The van der Waals surface area contributed by atoms with Crippen molar-refractivity contribution >= 4 is 23.5 Å². The Bertz CT molecular complexity index is 1300. The van der Waals surface area contributed by atoms with Gasteiger partial charge in [0, 0.05) is 60.9 Å². The molecule has 5 rings (SSSR count). The molecule has 0 aliphatic carbocycles. The number of amides is 2. The summed E-state index contributed by atoms with van der Waals surface area (Å²) in [4.78, 5) is 42.2. The first kappa shape index (κ1) is 23.9. The van der Waals surface area contributed by atoms with Crippen molar-refractivity contribution in [3.63, 3.8) is 0 Å². The summed E-state index contributed by atoms with van der Waals surface area (Å²) in [5, 5.41) is 3.34. The number of fused-ring (bicyclic) bond motifs is 1. The molecular formula is C27H31N7O2. The first-order chi connectivity index (χ1) is 17.3. The Balaban J connectivity index is 1.22. The molecule has 0 radical (unpaired) electrons. The van der Waals surface area contributed by atoms with Gasteiger partial charge in [0.05, 0.1) is 5.69 Å². The van der Waals surface area contributed by atoms with Gasteiger partial charge < -0.3 is 16.0 Å². The Hall–Kier alpha value is -3.85. The van der Waals surface area contributed by atoms with Crippen LogP contribution in [0.5, 0.6) is 0 Å². The van der Waals surface area contributed by atoms with Crippen LogP contribution in [-0.4, -0.2) is 55.2 Å². The van der Waals surface area contributed by atoms with E-state index in [1.165, 1.54) is 23.4 Å². The minimum Gasteiger partial charge on any atom is -0.364 e. The number of rotatable bonds is 5. The molecule has 36 heavy (non-hydrogen) atoms. The predicted octanol–water partition coefficient (Wildman–Crippen LogP) is 3.34. The summed E-state index contributed by atoms with van der Waals surface area (Å²) in [6.07, 6.45) is 5.12. The molecule has 1 aromatic carbocycles. The summed E-state index contributed by atoms with van der Waals surface area (Å²) in [6, 6.07) is 9.85. The number of aromatic nitrogens is 3. The van der Waals surface area contributed by atoms with Crippen LogP contribution in [0.1, 0.15) is 63.0 Å². The SMILES string of the molecule is Cc1cc(C)cc(Nc2ncc3c(n2)CN([C@@H]2CCN(C(=O)c4ccnc(C(N)=O)c4)[C@H](C)C2)C3)c1. The molecule has 2 atom stereocenters. The Morgan fingerprint density at radius 3 is 2.58 bits per heavy atom. The maximum Gasteiger partial charge on any atom is 0.267 e. The van der Waals surface area contributed by atoms with E-state index in [4.69, 9.17) is 10.7 Å². The number of anilines is 2. The van der Waals surface area contributed by atoms with Crippen molar-refractivity contribution in [2.75, 3.05) is 11.9 Å². The number of primary amides is 1. The summed E-state index contributed by atoms with van der Waals surface area (Å²) in [5.74, 6) is -0.119. The Morgan fingerprint density at radius 2 is 1.86 bits per heavy atom. The third-order valence-electron chi connectivity index (χ3n) is 7.04. The standard InChI is InChI=1S/C27H31N7O2/c1-16-8-17(2)10-21(9-16)31-27-30-13-20-14-33(15-24(20)32-27)22-5-7-34(18(3)11-22)26(36)19-4-6-29-23(12-19)25(28)35/h4,6,8-10,12-13,18,22H,5,7,11,14-15H2,1-3H3,(H2,28,35)(H,30,31,32)/t18-,22-/m1/s1. The third-order valence-corrected chi connectivity index (χ3v) is 7.04. The topological polar surface area (TPSA) is 117 Å². The highest BCUT2D eigenvalue weighted by molar-refractivity contribution is 5.98. The van der Waals surface area contributed by atoms with Crippen LogP contribution in [0, 0.1) is 13.8 Å². The monoisotopic (exact) mass is 485 g/mol. The van der Waals surface area contributed by atoms with Crippen molar-refractivity contribution in [2.45, 2.75) is 58.8 Å². The van der Waals surface area contributed by atoms with Crippen LogP contribution >= 0.6 is 0 Å². The number of hydrogen-bond acceptors (Lipinski definition) is 7. The number of carbonyl (C=O) groups is 2. The molecule has 0 bridgehead atoms. The van der Waals surface area contributed by atoms with E-state index in [0.717, 1.165) is 42.9 Å². The number of nitrogens with zero attached hydrogens (tertiary/aromatic N) is 5. The van der Waals surface area contributed by atoms with E-state index in [-0.39, 0.29) is 17.6 Å². The number of aryl methyl sites for hydroxylation is 2. The molecular weight excluding hydrogens is 454 g/mol. The Kier molecular flexibility index (Phi) is 6.40. The minimum atomic E-state index is -0.638. The maximum atomic E-state index is 13.1. The van der Waals surface area contributed by atoms with Crippen LogP contribution in [0.3, 0.4) is 0 Å². The lowest BCUT2D eigenvalue weighted by Gasteiger charge is -2.41. The fourth-order valence-electron chi connectivity index (χ4n) is 5.32. The van der Waals surface area contributed by atoms with Crippen LogP contribution in [0.4, 0.5) is 11.6 Å². The van der Waals surface area contributed by atoms with Crippen LogP contribution in [0.2, 0.25) is 0 Å². The van der Waals surface area contributed by atoms with Gasteiger partial charge >= 0.3 is 0 Å². The summed E-state index contributed by atoms with van der Waals surface area (Å²) in [5.41, 5.74) is 11.5. The molecule has 9 nitrogen and oxygen atoms in total. The first-order valence-electron chi connectivity index (χ1n) is 12.3. The Morgan fingerprint density at radius 1 is 1.08 bits per heavy atom. The van der Waals surface area contributed by atoms with Gasteiger partial charge in [-0.1, -0.05) is 6.07 Å². The van der Waals surface area contributed by atoms with Gasteiger partial charge in [-0.15, -0.1) is 0 Å². The highest BCUT2D eigenvalue weighted by Gasteiger charge is 2.35. The quantitative estimate of drug-likeness (QED) is 0.569. The number of pyridine rings is 1. The second-order valence-corrected chi connectivity index (χ2v) is 9.89. The van der Waals surface area contributed by atoms with Gasteiger partial charge in [-0.25, -0.2) is 9.97 Å². The number of nitrogens with one attached hydrogen (secondary N) is 1. The van der Waals surface area contributed by atoms with E-state index in [9.17, 15) is 9.59 Å². The molecule has 9 heteroatoms. The highest BCUT2D eigenvalue weighted by Crippen LogP contribution is 2.31. The van der Waals surface area contributed by atoms with E-state index >= 15 is 0 Å². The molecule has 3 N–H and O–H groups in total. The number of hydrogen-bond donors (Lipinski definition) is 2. The molecule has 186 valence electrons. The summed E-state index contributed by atoms with van der Waals surface area (Å²) in [6.45, 7) is 8.48. The van der Waals surface area contributed by atoms with Crippen LogP contribution in [0.25, 0.3) is 0 Å². The molecule has 2 amide bonds. The van der Waals surface area contributed by atoms with E-state index in [0.29, 0.717) is 24.1 Å². The fraction of sp³-hybridized carbons (Fsp3) is 0.370. The van der Waals surface area contributed by atoms with Crippen molar-refractivity contribution in [1.82, 2.24) is 24.8 Å². The average Bonchev–Trinajstić information content (AvgIpc) is 3.26. The number of carbonyl (C=O) groups excluding carboxylic acids is 2. The summed E-state index contributed by atoms with van der Waals surface area (Å²) < 4.78 is 0. The normalized spacial score (nSPS) is 19.7. The molecule has 2 aliphatic heterocycles. The van der Waals surface area contributed by atoms with E-state index in [2.05, 4.69) is 59.2 Å².